The molecule has 0 saturated carbocycles. The quantitative estimate of drug-likeness (QED) is 0.0240. The lowest BCUT2D eigenvalue weighted by Gasteiger charge is -2.19. The molecule has 0 aliphatic heterocycles. The number of phosphoric ester groups is 1. The lowest BCUT2D eigenvalue weighted by Crippen LogP contribution is -2.30. The minimum Gasteiger partial charge on any atom is -0.462 e. The number of carbonyl (C=O) groups is 2. The van der Waals surface area contributed by atoms with Gasteiger partial charge >= 0.3 is 19.8 Å². The average Bonchev–Trinajstić information content (AvgIpc) is 3.02. The molecular formula is C37H65O10P. The van der Waals surface area contributed by atoms with Crippen LogP contribution in [0.15, 0.2) is 48.6 Å². The third-order valence-electron chi connectivity index (χ3n) is 7.49. The van der Waals surface area contributed by atoms with Gasteiger partial charge in [-0.05, 0) is 57.3 Å². The first-order chi connectivity index (χ1) is 22.9. The van der Waals surface area contributed by atoms with E-state index >= 15 is 0 Å². The summed E-state index contributed by atoms with van der Waals surface area (Å²) in [4.78, 5) is 42.7. The van der Waals surface area contributed by atoms with E-state index in [2.05, 4.69) is 55.7 Å². The molecule has 0 rings (SSSR count). The number of hydrogen-bond acceptors (Lipinski definition) is 8. The molecule has 0 amide bonds. The molecular weight excluding hydrogens is 635 g/mol. The Kier molecular flexibility index (Phi) is 29.6. The van der Waals surface area contributed by atoms with E-state index in [1.807, 2.05) is 18.2 Å². The Morgan fingerprint density at radius 2 is 1.17 bits per heavy atom. The van der Waals surface area contributed by atoms with Gasteiger partial charge in [-0.25, -0.2) is 4.57 Å². The van der Waals surface area contributed by atoms with E-state index in [1.54, 1.807) is 0 Å². The molecule has 278 valence electrons. The van der Waals surface area contributed by atoms with Gasteiger partial charge in [-0.1, -0.05) is 121 Å². The summed E-state index contributed by atoms with van der Waals surface area (Å²) < 4.78 is 26.1. The minimum absolute atomic E-state index is 0.105. The molecule has 0 spiro atoms. The van der Waals surface area contributed by atoms with Crippen molar-refractivity contribution in [3.63, 3.8) is 0 Å². The van der Waals surface area contributed by atoms with Crippen LogP contribution < -0.4 is 0 Å². The summed E-state index contributed by atoms with van der Waals surface area (Å²) in [5, 5.41) is 20.5. The molecule has 0 aromatic rings. The Morgan fingerprint density at radius 3 is 1.73 bits per heavy atom. The highest BCUT2D eigenvalue weighted by Gasteiger charge is 2.23. The van der Waals surface area contributed by atoms with Gasteiger partial charge in [0.15, 0.2) is 6.10 Å². The monoisotopic (exact) mass is 700 g/mol. The molecule has 4 N–H and O–H groups in total. The Labute approximate surface area is 290 Å². The van der Waals surface area contributed by atoms with Crippen molar-refractivity contribution in [1.82, 2.24) is 0 Å². The SMILES string of the molecule is CC/C=C\C/C=C\C/C=C\C/C=C\C[C@@H](O)[C@H](O)CCCC(=O)O[C@H](COC(=O)CCCCCCCCCCC(C)C)COP(=O)(O)O. The summed E-state index contributed by atoms with van der Waals surface area (Å²) >= 11 is 0. The molecule has 3 atom stereocenters. The second-order valence-electron chi connectivity index (χ2n) is 12.6. The van der Waals surface area contributed by atoms with Crippen molar-refractivity contribution in [2.75, 3.05) is 13.2 Å². The van der Waals surface area contributed by atoms with Gasteiger partial charge in [0.05, 0.1) is 18.8 Å². The van der Waals surface area contributed by atoms with E-state index in [1.165, 1.54) is 32.1 Å². The van der Waals surface area contributed by atoms with Crippen molar-refractivity contribution in [1.29, 1.82) is 0 Å². The number of aliphatic hydroxyl groups is 2. The second kappa shape index (κ2) is 30.9. The van der Waals surface area contributed by atoms with Crippen LogP contribution in [0.2, 0.25) is 0 Å². The zero-order valence-corrected chi connectivity index (χ0v) is 30.7. The van der Waals surface area contributed by atoms with Gasteiger partial charge in [0.1, 0.15) is 6.61 Å². The van der Waals surface area contributed by atoms with Crippen LogP contribution >= 0.6 is 7.82 Å². The summed E-state index contributed by atoms with van der Waals surface area (Å²) in [7, 11) is -4.83. The van der Waals surface area contributed by atoms with E-state index in [0.717, 1.165) is 50.9 Å². The third kappa shape index (κ3) is 32.5. The molecule has 0 unspecified atom stereocenters. The van der Waals surface area contributed by atoms with Crippen LogP contribution in [0.5, 0.6) is 0 Å². The molecule has 0 fully saturated rings. The third-order valence-corrected chi connectivity index (χ3v) is 7.98. The molecule has 10 nitrogen and oxygen atoms in total. The Balaban J connectivity index is 4.29. The number of ether oxygens (including phenoxy) is 2. The first kappa shape index (κ1) is 45.9. The first-order valence-corrected chi connectivity index (χ1v) is 19.5. The van der Waals surface area contributed by atoms with Gasteiger partial charge in [0.2, 0.25) is 0 Å². The van der Waals surface area contributed by atoms with E-state index in [0.29, 0.717) is 6.42 Å². The van der Waals surface area contributed by atoms with Gasteiger partial charge in [-0.2, -0.15) is 0 Å². The number of rotatable bonds is 31. The van der Waals surface area contributed by atoms with Crippen LogP contribution in [0.3, 0.4) is 0 Å². The normalized spacial score (nSPS) is 14.5. The number of aliphatic hydroxyl groups excluding tert-OH is 2. The van der Waals surface area contributed by atoms with E-state index < -0.39 is 51.3 Å². The zero-order valence-electron chi connectivity index (χ0n) is 29.8. The fraction of sp³-hybridized carbons (Fsp3) is 0.730. The van der Waals surface area contributed by atoms with Crippen molar-refractivity contribution in [3.8, 4) is 0 Å². The molecule has 0 radical (unpaired) electrons. The molecule has 0 aliphatic carbocycles. The molecule has 0 aromatic carbocycles. The van der Waals surface area contributed by atoms with E-state index in [-0.39, 0.29) is 32.1 Å². The molecule has 11 heteroatoms. The second-order valence-corrected chi connectivity index (χ2v) is 13.8. The highest BCUT2D eigenvalue weighted by atomic mass is 31.2. The Morgan fingerprint density at radius 1 is 0.646 bits per heavy atom. The van der Waals surface area contributed by atoms with Gasteiger partial charge < -0.3 is 29.5 Å². The average molecular weight is 701 g/mol. The maximum absolute atomic E-state index is 12.4. The summed E-state index contributed by atoms with van der Waals surface area (Å²) in [6.45, 7) is 5.56. The summed E-state index contributed by atoms with van der Waals surface area (Å²) in [5.74, 6) is -0.425. The van der Waals surface area contributed by atoms with Gasteiger partial charge in [-0.3, -0.25) is 14.1 Å². The lowest BCUT2D eigenvalue weighted by molar-refractivity contribution is -0.161. The van der Waals surface area contributed by atoms with Crippen LogP contribution in [-0.4, -0.2) is 63.5 Å². The molecule has 0 heterocycles. The Hall–Kier alpha value is -2.07. The van der Waals surface area contributed by atoms with Gasteiger partial charge in [0.25, 0.3) is 0 Å². The van der Waals surface area contributed by atoms with Crippen molar-refractivity contribution in [3.05, 3.63) is 48.6 Å². The predicted molar refractivity (Wildman–Crippen MR) is 191 cm³/mol. The van der Waals surface area contributed by atoms with Crippen molar-refractivity contribution in [2.24, 2.45) is 5.92 Å². The van der Waals surface area contributed by atoms with Crippen molar-refractivity contribution in [2.45, 2.75) is 155 Å². The summed E-state index contributed by atoms with van der Waals surface area (Å²) in [6, 6.07) is 0. The molecule has 0 bridgehead atoms. The van der Waals surface area contributed by atoms with Crippen molar-refractivity contribution >= 4 is 19.8 Å². The predicted octanol–water partition coefficient (Wildman–Crippen LogP) is 8.20. The number of allylic oxidation sites excluding steroid dienone is 7. The van der Waals surface area contributed by atoms with Crippen LogP contribution in [-0.2, 0) is 28.2 Å². The Bertz CT molecular complexity index is 969. The molecule has 0 aromatic heterocycles. The fourth-order valence-corrected chi connectivity index (χ4v) is 5.06. The topological polar surface area (TPSA) is 160 Å². The van der Waals surface area contributed by atoms with Gasteiger partial charge in [0, 0.05) is 12.8 Å². The van der Waals surface area contributed by atoms with Crippen LogP contribution in [0, 0.1) is 5.92 Å². The number of esters is 2. The minimum atomic E-state index is -4.83. The zero-order chi connectivity index (χ0) is 35.9. The lowest BCUT2D eigenvalue weighted by atomic mass is 10.0. The smallest absolute Gasteiger partial charge is 0.462 e. The van der Waals surface area contributed by atoms with Gasteiger partial charge in [-0.15, -0.1) is 0 Å². The van der Waals surface area contributed by atoms with E-state index in [4.69, 9.17) is 19.3 Å². The number of unbranched alkanes of at least 4 members (excludes halogenated alkanes) is 7. The molecule has 48 heavy (non-hydrogen) atoms. The molecule has 0 saturated heterocycles. The standard InChI is InChI=1S/C37H65O10P/c1-4-5-6-7-8-9-10-11-12-16-19-22-26-34(38)35(39)27-24-29-37(41)47-33(31-46-48(42,43)44)30-45-36(40)28-23-20-17-14-13-15-18-21-25-32(2)3/h5-6,8-9,11-12,19,22,32-35,38-39H,4,7,10,13-18,20-21,23-31H2,1-3H3,(H2,42,43,44)/b6-5-,9-8-,12-11-,22-19-/t33-,34-,35-/m1/s1. The van der Waals surface area contributed by atoms with Crippen molar-refractivity contribution < 1.29 is 48.2 Å². The summed E-state index contributed by atoms with van der Waals surface area (Å²) in [5.41, 5.74) is 0. The maximum atomic E-state index is 12.4. The highest BCUT2D eigenvalue weighted by Crippen LogP contribution is 2.36. The van der Waals surface area contributed by atoms with Crippen LogP contribution in [0.25, 0.3) is 0 Å². The fourth-order valence-electron chi connectivity index (χ4n) is 4.70. The van der Waals surface area contributed by atoms with E-state index in [9.17, 15) is 24.4 Å². The molecule has 0 aliphatic rings. The number of carbonyl (C=O) groups excluding carboxylic acids is 2. The number of hydrogen-bond donors (Lipinski definition) is 4. The highest BCUT2D eigenvalue weighted by molar-refractivity contribution is 7.46. The van der Waals surface area contributed by atoms with Crippen LogP contribution in [0.1, 0.15) is 136 Å². The maximum Gasteiger partial charge on any atom is 0.469 e. The van der Waals surface area contributed by atoms with Crippen LogP contribution in [0.4, 0.5) is 0 Å². The first-order valence-electron chi connectivity index (χ1n) is 18.0. The summed E-state index contributed by atoms with van der Waals surface area (Å²) in [6.07, 6.45) is 27.5. The number of phosphoric acid groups is 1. The largest absolute Gasteiger partial charge is 0.469 e.